The quantitative estimate of drug-likeness (QED) is 0.299. The molecule has 0 aliphatic heterocycles. The van der Waals surface area contributed by atoms with Crippen LogP contribution in [0.4, 0.5) is 5.69 Å². The van der Waals surface area contributed by atoms with E-state index >= 15 is 0 Å². The van der Waals surface area contributed by atoms with Gasteiger partial charge in [0.1, 0.15) is 11.5 Å². The molecular weight excluding hydrogens is 456 g/mol. The molecule has 0 amide bonds. The van der Waals surface area contributed by atoms with Crippen molar-refractivity contribution >= 4 is 5.69 Å². The number of aryl methyl sites for hydroxylation is 2. The van der Waals surface area contributed by atoms with Crippen molar-refractivity contribution in [2.24, 2.45) is 0 Å². The molecule has 1 aliphatic rings. The number of ether oxygens (including phenoxy) is 1. The third-order valence-electron chi connectivity index (χ3n) is 7.20. The molecule has 0 spiro atoms. The van der Waals surface area contributed by atoms with Crippen LogP contribution in [-0.2, 0) is 25.8 Å². The van der Waals surface area contributed by atoms with Gasteiger partial charge in [-0.05, 0) is 106 Å². The van der Waals surface area contributed by atoms with Crippen molar-refractivity contribution in [1.82, 2.24) is 4.90 Å². The van der Waals surface area contributed by atoms with Gasteiger partial charge < -0.3 is 19.6 Å². The first-order valence-electron chi connectivity index (χ1n) is 14.0. The molecule has 4 nitrogen and oxygen atoms in total. The molecule has 4 rings (SSSR count). The Bertz CT molecular complexity index is 1060. The predicted octanol–water partition coefficient (Wildman–Crippen LogP) is 7.27. The Kier molecular flexibility index (Phi) is 11.8. The molecule has 200 valence electrons. The maximum absolute atomic E-state index is 9.19. The maximum atomic E-state index is 9.19. The number of fused-ring (bicyclic) bond motifs is 1. The highest BCUT2D eigenvalue weighted by Gasteiger charge is 2.09. The molecule has 3 aromatic carbocycles. The molecule has 0 bridgehead atoms. The molecule has 37 heavy (non-hydrogen) atoms. The van der Waals surface area contributed by atoms with Crippen LogP contribution < -0.4 is 9.64 Å². The van der Waals surface area contributed by atoms with Gasteiger partial charge in [-0.25, -0.2) is 0 Å². The Morgan fingerprint density at radius 3 is 2.27 bits per heavy atom. The van der Waals surface area contributed by atoms with E-state index in [1.807, 2.05) is 18.2 Å². The van der Waals surface area contributed by atoms with Crippen LogP contribution in [0.2, 0.25) is 0 Å². The maximum Gasteiger partial charge on any atom is 0.120 e. The normalized spacial score (nSPS) is 12.5. The van der Waals surface area contributed by atoms with E-state index in [0.29, 0.717) is 5.75 Å². The third kappa shape index (κ3) is 9.44. The number of anilines is 1. The fourth-order valence-corrected chi connectivity index (χ4v) is 4.80. The van der Waals surface area contributed by atoms with Gasteiger partial charge in [0.15, 0.2) is 0 Å². The van der Waals surface area contributed by atoms with Crippen LogP contribution in [-0.4, -0.2) is 43.8 Å². The zero-order valence-electron chi connectivity index (χ0n) is 23.4. The summed E-state index contributed by atoms with van der Waals surface area (Å²) in [7, 11) is 3.94. The number of methoxy groups -OCH3 is 1. The Balaban J connectivity index is 0.000000284. The van der Waals surface area contributed by atoms with Crippen molar-refractivity contribution in [2.75, 3.05) is 38.7 Å². The van der Waals surface area contributed by atoms with Gasteiger partial charge in [0.05, 0.1) is 7.11 Å². The molecule has 0 fully saturated rings. The number of benzene rings is 3. The Morgan fingerprint density at radius 1 is 0.838 bits per heavy atom. The van der Waals surface area contributed by atoms with Gasteiger partial charge in [-0.15, -0.1) is 0 Å². The summed E-state index contributed by atoms with van der Waals surface area (Å²) >= 11 is 0. The largest absolute Gasteiger partial charge is 0.508 e. The number of nitrogens with zero attached hydrogens (tertiary/aromatic N) is 2. The fraction of sp³-hybridized carbons (Fsp3) is 0.455. The monoisotopic (exact) mass is 502 g/mol. The molecule has 0 saturated carbocycles. The summed E-state index contributed by atoms with van der Waals surface area (Å²) in [6, 6.07) is 23.1. The minimum absolute atomic E-state index is 0.408. The molecule has 0 heterocycles. The van der Waals surface area contributed by atoms with Crippen molar-refractivity contribution in [2.45, 2.75) is 65.3 Å². The van der Waals surface area contributed by atoms with Gasteiger partial charge in [0.2, 0.25) is 0 Å². The van der Waals surface area contributed by atoms with Crippen LogP contribution in [0, 0.1) is 0 Å². The number of rotatable bonds is 11. The van der Waals surface area contributed by atoms with E-state index in [1.165, 1.54) is 66.6 Å². The first-order chi connectivity index (χ1) is 18.0. The average Bonchev–Trinajstić information content (AvgIpc) is 2.94. The highest BCUT2D eigenvalue weighted by molar-refractivity contribution is 5.51. The first-order valence-corrected chi connectivity index (χ1v) is 14.0. The number of hydrogen-bond donors (Lipinski definition) is 1. The summed E-state index contributed by atoms with van der Waals surface area (Å²) in [5.41, 5.74) is 6.73. The second-order valence-corrected chi connectivity index (χ2v) is 10.1. The van der Waals surface area contributed by atoms with E-state index < -0.39 is 0 Å². The Labute approximate surface area is 224 Å². The highest BCUT2D eigenvalue weighted by atomic mass is 16.5. The molecular formula is C33H46N2O2. The summed E-state index contributed by atoms with van der Waals surface area (Å²) in [4.78, 5) is 4.80. The van der Waals surface area contributed by atoms with E-state index in [2.05, 4.69) is 73.2 Å². The van der Waals surface area contributed by atoms with Gasteiger partial charge in [0, 0.05) is 31.4 Å². The summed E-state index contributed by atoms with van der Waals surface area (Å²) in [6.45, 7) is 8.65. The standard InChI is InChI=1S/C23H34N2O.C10H12O/c1-5-7-16-24(3)17-15-20-11-13-21(14-12-20)19-25(6-2)22-9-8-10-23(18-22)26-4;11-10-6-5-8-3-1-2-4-9(8)7-10/h8-14,18H,5-7,15-17,19H2,1-4H3;5-7,11H,1-4H2. The summed E-state index contributed by atoms with van der Waals surface area (Å²) in [6.07, 6.45) is 8.58. The first kappa shape index (κ1) is 28.6. The lowest BCUT2D eigenvalue weighted by atomic mass is 9.92. The van der Waals surface area contributed by atoms with Crippen molar-refractivity contribution in [3.8, 4) is 11.5 Å². The van der Waals surface area contributed by atoms with Gasteiger partial charge >= 0.3 is 0 Å². The third-order valence-corrected chi connectivity index (χ3v) is 7.20. The molecule has 1 N–H and O–H groups in total. The van der Waals surface area contributed by atoms with Gasteiger partial charge in [-0.2, -0.15) is 0 Å². The van der Waals surface area contributed by atoms with E-state index in [4.69, 9.17) is 4.74 Å². The summed E-state index contributed by atoms with van der Waals surface area (Å²) in [5.74, 6) is 1.31. The number of phenols is 1. The zero-order chi connectivity index (χ0) is 26.5. The van der Waals surface area contributed by atoms with Crippen LogP contribution in [0.25, 0.3) is 0 Å². The van der Waals surface area contributed by atoms with Crippen LogP contribution in [0.3, 0.4) is 0 Å². The van der Waals surface area contributed by atoms with Crippen LogP contribution in [0.15, 0.2) is 66.7 Å². The second kappa shape index (κ2) is 15.3. The molecule has 0 atom stereocenters. The lowest BCUT2D eigenvalue weighted by molar-refractivity contribution is 0.332. The number of hydrogen-bond acceptors (Lipinski definition) is 4. The fourth-order valence-electron chi connectivity index (χ4n) is 4.80. The Hall–Kier alpha value is -2.98. The summed E-state index contributed by atoms with van der Waals surface area (Å²) in [5, 5.41) is 9.19. The van der Waals surface area contributed by atoms with Gasteiger partial charge in [0.25, 0.3) is 0 Å². The molecule has 1 aliphatic carbocycles. The smallest absolute Gasteiger partial charge is 0.120 e. The van der Waals surface area contributed by atoms with Crippen molar-refractivity contribution in [3.05, 3.63) is 89.0 Å². The van der Waals surface area contributed by atoms with Crippen LogP contribution in [0.5, 0.6) is 11.5 Å². The van der Waals surface area contributed by atoms with E-state index in [9.17, 15) is 5.11 Å². The minimum atomic E-state index is 0.408. The summed E-state index contributed by atoms with van der Waals surface area (Å²) < 4.78 is 5.36. The van der Waals surface area contributed by atoms with Gasteiger partial charge in [-0.3, -0.25) is 0 Å². The predicted molar refractivity (Wildman–Crippen MR) is 157 cm³/mol. The van der Waals surface area contributed by atoms with E-state index in [-0.39, 0.29) is 0 Å². The van der Waals surface area contributed by atoms with Crippen molar-refractivity contribution < 1.29 is 9.84 Å². The molecule has 0 unspecified atom stereocenters. The zero-order valence-corrected chi connectivity index (χ0v) is 23.4. The molecule has 3 aromatic rings. The van der Waals surface area contributed by atoms with E-state index in [0.717, 1.165) is 38.2 Å². The van der Waals surface area contributed by atoms with Crippen LogP contribution >= 0.6 is 0 Å². The topological polar surface area (TPSA) is 35.9 Å². The Morgan fingerprint density at radius 2 is 1.57 bits per heavy atom. The van der Waals surface area contributed by atoms with Crippen molar-refractivity contribution in [3.63, 3.8) is 0 Å². The average molecular weight is 503 g/mol. The lowest BCUT2D eigenvalue weighted by Gasteiger charge is -2.24. The van der Waals surface area contributed by atoms with E-state index in [1.54, 1.807) is 13.2 Å². The van der Waals surface area contributed by atoms with Gasteiger partial charge in [-0.1, -0.05) is 49.7 Å². The molecule has 4 heteroatoms. The second-order valence-electron chi connectivity index (χ2n) is 10.1. The van der Waals surface area contributed by atoms with Crippen molar-refractivity contribution in [1.29, 1.82) is 0 Å². The van der Waals surface area contributed by atoms with Crippen LogP contribution in [0.1, 0.15) is 61.8 Å². The number of unbranched alkanes of at least 4 members (excludes halogenated alkanes) is 1. The molecule has 0 saturated heterocycles. The SMILES string of the molecule is CCCCN(C)CCc1ccc(CN(CC)c2cccc(OC)c2)cc1.Oc1ccc2c(c1)CCCC2. The lowest BCUT2D eigenvalue weighted by Crippen LogP contribution is -2.22. The number of likely N-dealkylation sites (N-methyl/N-ethyl adjacent to an activating group) is 1. The number of aromatic hydroxyl groups is 1. The molecule has 0 aromatic heterocycles. The molecule has 0 radical (unpaired) electrons. The minimum Gasteiger partial charge on any atom is -0.508 e. The highest BCUT2D eigenvalue weighted by Crippen LogP contribution is 2.24. The number of phenolic OH excluding ortho intramolecular Hbond substituents is 1.